The molecular weight excluding hydrogens is 420 g/mol. The maximum absolute atomic E-state index is 11.9. The second kappa shape index (κ2) is 7.37. The van der Waals surface area contributed by atoms with Gasteiger partial charge in [-0.05, 0) is 47.5 Å². The summed E-state index contributed by atoms with van der Waals surface area (Å²) in [6.45, 7) is 0. The summed E-state index contributed by atoms with van der Waals surface area (Å²) in [4.78, 5) is -0.804. The Labute approximate surface area is 167 Å². The van der Waals surface area contributed by atoms with Crippen LogP contribution in [0, 0.1) is 0 Å². The van der Waals surface area contributed by atoms with E-state index in [1.165, 1.54) is 60.7 Å². The molecule has 0 aromatic heterocycles. The van der Waals surface area contributed by atoms with E-state index in [4.69, 9.17) is 20.8 Å². The lowest BCUT2D eigenvalue weighted by Gasteiger charge is -2.12. The smallest absolute Gasteiger partial charge is 0.298 e. The van der Waals surface area contributed by atoms with Crippen molar-refractivity contribution in [2.75, 3.05) is 11.5 Å². The van der Waals surface area contributed by atoms with E-state index < -0.39 is 25.1 Å². The Hall–Kier alpha value is -3.12. The van der Waals surface area contributed by atoms with Gasteiger partial charge in [-0.25, -0.2) is 0 Å². The Morgan fingerprint density at radius 1 is 0.690 bits per heavy atom. The number of nitrogens with two attached hydrogens (primary N) is 2. The van der Waals surface area contributed by atoms with Crippen molar-refractivity contribution in [3.63, 3.8) is 0 Å². The number of ether oxygens (including phenoxy) is 1. The van der Waals surface area contributed by atoms with Gasteiger partial charge in [0, 0.05) is 6.07 Å². The van der Waals surface area contributed by atoms with Crippen molar-refractivity contribution in [2.24, 2.45) is 0 Å². The Kier molecular flexibility index (Phi) is 5.24. The minimum atomic E-state index is -4.65. The first-order valence-corrected chi connectivity index (χ1v) is 10.9. The predicted molar refractivity (Wildman–Crippen MR) is 107 cm³/mol. The van der Waals surface area contributed by atoms with Gasteiger partial charge in [0.1, 0.15) is 16.4 Å². The standard InChI is InChI=1S/C18H16N2O7S2/c19-15-7-4-13(10-16(15)20)27-17-8-3-12(9-18(17)29(24,25)26)11-1-5-14(6-2-11)28(21,22)23/h1-10H,19-20H2,(H,21,22,23)(H,24,25,26). The molecule has 29 heavy (non-hydrogen) atoms. The van der Waals surface area contributed by atoms with Gasteiger partial charge in [0.05, 0.1) is 16.3 Å². The fourth-order valence-corrected chi connectivity index (χ4v) is 3.66. The van der Waals surface area contributed by atoms with E-state index in [1.54, 1.807) is 0 Å². The SMILES string of the molecule is Nc1ccc(Oc2ccc(-c3ccc(S(=O)(=O)O)cc3)cc2S(=O)(=O)O)cc1N. The van der Waals surface area contributed by atoms with Gasteiger partial charge in [0.25, 0.3) is 20.2 Å². The van der Waals surface area contributed by atoms with Gasteiger partial charge in [-0.15, -0.1) is 0 Å². The number of benzene rings is 3. The topological polar surface area (TPSA) is 170 Å². The largest absolute Gasteiger partial charge is 0.456 e. The van der Waals surface area contributed by atoms with E-state index >= 15 is 0 Å². The monoisotopic (exact) mass is 436 g/mol. The highest BCUT2D eigenvalue weighted by atomic mass is 32.2. The normalized spacial score (nSPS) is 11.9. The van der Waals surface area contributed by atoms with Crippen LogP contribution in [0.25, 0.3) is 11.1 Å². The first-order chi connectivity index (χ1) is 13.4. The molecule has 9 nitrogen and oxygen atoms in total. The molecule has 11 heteroatoms. The molecule has 0 saturated carbocycles. The lowest BCUT2D eigenvalue weighted by molar-refractivity contribution is 0.450. The van der Waals surface area contributed by atoms with E-state index in [2.05, 4.69) is 0 Å². The van der Waals surface area contributed by atoms with Crippen LogP contribution in [-0.4, -0.2) is 25.9 Å². The molecule has 0 spiro atoms. The van der Waals surface area contributed by atoms with Crippen LogP contribution in [0.1, 0.15) is 0 Å². The van der Waals surface area contributed by atoms with Crippen molar-refractivity contribution in [1.82, 2.24) is 0 Å². The molecule has 0 aliphatic heterocycles. The molecule has 0 atom stereocenters. The molecule has 0 heterocycles. The summed E-state index contributed by atoms with van der Waals surface area (Å²) in [5.41, 5.74) is 12.7. The fraction of sp³-hybridized carbons (Fsp3) is 0. The van der Waals surface area contributed by atoms with Gasteiger partial charge in [-0.3, -0.25) is 9.11 Å². The van der Waals surface area contributed by atoms with Crippen LogP contribution in [0.5, 0.6) is 11.5 Å². The number of anilines is 2. The molecular formula is C18H16N2O7S2. The summed E-state index contributed by atoms with van der Waals surface area (Å²) in [7, 11) is -9.01. The Balaban J connectivity index is 2.03. The lowest BCUT2D eigenvalue weighted by atomic mass is 10.1. The molecule has 0 fully saturated rings. The number of nitrogen functional groups attached to an aromatic ring is 2. The maximum Gasteiger partial charge on any atom is 0.298 e. The van der Waals surface area contributed by atoms with Gasteiger partial charge < -0.3 is 16.2 Å². The average molecular weight is 436 g/mol. The van der Waals surface area contributed by atoms with Crippen LogP contribution in [-0.2, 0) is 20.2 Å². The summed E-state index contributed by atoms with van der Waals surface area (Å²) in [6.07, 6.45) is 0. The summed E-state index contributed by atoms with van der Waals surface area (Å²) >= 11 is 0. The molecule has 152 valence electrons. The minimum absolute atomic E-state index is 0.144. The van der Waals surface area contributed by atoms with Crippen LogP contribution < -0.4 is 16.2 Å². The molecule has 0 unspecified atom stereocenters. The molecule has 6 N–H and O–H groups in total. The molecule has 0 saturated heterocycles. The van der Waals surface area contributed by atoms with Gasteiger partial charge in [-0.1, -0.05) is 18.2 Å². The minimum Gasteiger partial charge on any atom is -0.456 e. The second-order valence-corrected chi connectivity index (χ2v) is 8.84. The summed E-state index contributed by atoms with van der Waals surface area (Å²) in [6, 6.07) is 13.5. The van der Waals surface area contributed by atoms with Crippen LogP contribution in [0.3, 0.4) is 0 Å². The molecule has 0 aliphatic carbocycles. The third-order valence-electron chi connectivity index (χ3n) is 3.99. The van der Waals surface area contributed by atoms with Crippen molar-refractivity contribution in [3.05, 3.63) is 60.7 Å². The van der Waals surface area contributed by atoms with E-state index in [-0.39, 0.29) is 22.1 Å². The zero-order valence-corrected chi connectivity index (χ0v) is 16.3. The number of hydrogen-bond acceptors (Lipinski definition) is 7. The van der Waals surface area contributed by atoms with Crippen molar-refractivity contribution in [3.8, 4) is 22.6 Å². The van der Waals surface area contributed by atoms with E-state index in [0.717, 1.165) is 0 Å². The van der Waals surface area contributed by atoms with Crippen LogP contribution in [0.15, 0.2) is 70.5 Å². The number of hydrogen-bond donors (Lipinski definition) is 4. The first kappa shape index (κ1) is 20.6. The fourth-order valence-electron chi connectivity index (χ4n) is 2.54. The van der Waals surface area contributed by atoms with Crippen molar-refractivity contribution in [1.29, 1.82) is 0 Å². The molecule has 0 amide bonds. The van der Waals surface area contributed by atoms with Crippen molar-refractivity contribution in [2.45, 2.75) is 9.79 Å². The summed E-state index contributed by atoms with van der Waals surface area (Å²) < 4.78 is 70.2. The highest BCUT2D eigenvalue weighted by Gasteiger charge is 2.19. The van der Waals surface area contributed by atoms with Gasteiger partial charge in [0.15, 0.2) is 0 Å². The first-order valence-electron chi connectivity index (χ1n) is 7.97. The van der Waals surface area contributed by atoms with E-state index in [0.29, 0.717) is 16.8 Å². The lowest BCUT2D eigenvalue weighted by Crippen LogP contribution is -2.02. The van der Waals surface area contributed by atoms with Crippen LogP contribution in [0.2, 0.25) is 0 Å². The summed E-state index contributed by atoms with van der Waals surface area (Å²) in [5.74, 6) is 0.0711. The Morgan fingerprint density at radius 2 is 1.31 bits per heavy atom. The predicted octanol–water partition coefficient (Wildman–Crippen LogP) is 2.80. The zero-order chi connectivity index (χ0) is 21.4. The molecule has 3 rings (SSSR count). The van der Waals surface area contributed by atoms with E-state index in [1.807, 2.05) is 0 Å². The highest BCUT2D eigenvalue weighted by Crippen LogP contribution is 2.34. The third-order valence-corrected chi connectivity index (χ3v) is 5.74. The zero-order valence-electron chi connectivity index (χ0n) is 14.7. The molecule has 0 radical (unpaired) electrons. The maximum atomic E-state index is 11.9. The number of rotatable bonds is 5. The highest BCUT2D eigenvalue weighted by molar-refractivity contribution is 7.86. The molecule has 3 aromatic carbocycles. The summed E-state index contributed by atoms with van der Waals surface area (Å²) in [5, 5.41) is 0. The Morgan fingerprint density at radius 3 is 1.86 bits per heavy atom. The van der Waals surface area contributed by atoms with Crippen molar-refractivity contribution < 1.29 is 30.7 Å². The second-order valence-electron chi connectivity index (χ2n) is 6.03. The van der Waals surface area contributed by atoms with E-state index in [9.17, 15) is 21.4 Å². The van der Waals surface area contributed by atoms with Crippen molar-refractivity contribution >= 4 is 31.6 Å². The quantitative estimate of drug-likeness (QED) is 0.347. The molecule has 0 aliphatic rings. The molecule has 0 bridgehead atoms. The van der Waals surface area contributed by atoms with Crippen LogP contribution >= 0.6 is 0 Å². The van der Waals surface area contributed by atoms with Gasteiger partial charge >= 0.3 is 0 Å². The van der Waals surface area contributed by atoms with Gasteiger partial charge in [-0.2, -0.15) is 16.8 Å². The Bertz CT molecular complexity index is 1290. The molecule has 3 aromatic rings. The van der Waals surface area contributed by atoms with Crippen LogP contribution in [0.4, 0.5) is 11.4 Å². The third kappa shape index (κ3) is 4.66. The average Bonchev–Trinajstić information content (AvgIpc) is 2.63. The van der Waals surface area contributed by atoms with Gasteiger partial charge in [0.2, 0.25) is 0 Å².